The number of carboxylic acids is 1. The maximum atomic E-state index is 11.9. The quantitative estimate of drug-likeness (QED) is 0.752. The molecule has 0 aliphatic carbocycles. The van der Waals surface area contributed by atoms with Crippen LogP contribution in [0.2, 0.25) is 0 Å². The van der Waals surface area contributed by atoms with Gasteiger partial charge in [0.2, 0.25) is 0 Å². The zero-order chi connectivity index (χ0) is 16.2. The fourth-order valence-corrected chi connectivity index (χ4v) is 2.27. The number of benzene rings is 1. The number of rotatable bonds is 5. The molecule has 21 heavy (non-hydrogen) atoms. The van der Waals surface area contributed by atoms with Crippen LogP contribution in [-0.2, 0) is 4.79 Å². The first-order valence-electron chi connectivity index (χ1n) is 6.77. The first-order valence-corrected chi connectivity index (χ1v) is 7.57. The van der Waals surface area contributed by atoms with E-state index in [9.17, 15) is 9.59 Å². The van der Waals surface area contributed by atoms with Gasteiger partial charge in [-0.05, 0) is 49.4 Å². The van der Waals surface area contributed by atoms with E-state index in [4.69, 9.17) is 5.11 Å². The molecule has 1 atom stereocenters. The highest BCUT2D eigenvalue weighted by molar-refractivity contribution is 9.10. The highest BCUT2D eigenvalue weighted by atomic mass is 79.9. The summed E-state index contributed by atoms with van der Waals surface area (Å²) in [4.78, 5) is 23.0. The van der Waals surface area contributed by atoms with Gasteiger partial charge in [-0.2, -0.15) is 0 Å². The topological polar surface area (TPSA) is 78.4 Å². The lowest BCUT2D eigenvalue weighted by molar-refractivity contribution is -0.139. The van der Waals surface area contributed by atoms with Crippen LogP contribution in [0.15, 0.2) is 16.6 Å². The van der Waals surface area contributed by atoms with E-state index in [1.807, 2.05) is 39.8 Å². The summed E-state index contributed by atoms with van der Waals surface area (Å²) in [5, 5.41) is 14.3. The van der Waals surface area contributed by atoms with Gasteiger partial charge in [-0.25, -0.2) is 9.59 Å². The maximum Gasteiger partial charge on any atom is 0.326 e. The van der Waals surface area contributed by atoms with Gasteiger partial charge in [-0.1, -0.05) is 29.8 Å². The van der Waals surface area contributed by atoms with E-state index in [2.05, 4.69) is 26.6 Å². The number of amides is 2. The molecule has 3 N–H and O–H groups in total. The van der Waals surface area contributed by atoms with Crippen LogP contribution in [0.1, 0.15) is 31.4 Å². The molecule has 0 fully saturated rings. The summed E-state index contributed by atoms with van der Waals surface area (Å²) >= 11 is 3.46. The molecule has 5 nitrogen and oxygen atoms in total. The Morgan fingerprint density at radius 2 is 1.76 bits per heavy atom. The van der Waals surface area contributed by atoms with Crippen LogP contribution in [0.25, 0.3) is 0 Å². The van der Waals surface area contributed by atoms with E-state index in [0.717, 1.165) is 15.6 Å². The van der Waals surface area contributed by atoms with Crippen LogP contribution < -0.4 is 10.6 Å². The molecule has 1 aromatic rings. The predicted molar refractivity (Wildman–Crippen MR) is 86.6 cm³/mol. The van der Waals surface area contributed by atoms with E-state index in [1.165, 1.54) is 0 Å². The van der Waals surface area contributed by atoms with Gasteiger partial charge >= 0.3 is 12.0 Å². The molecule has 6 heteroatoms. The Hall–Kier alpha value is -1.56. The van der Waals surface area contributed by atoms with E-state index in [-0.39, 0.29) is 5.92 Å². The molecule has 0 bridgehead atoms. The average molecular weight is 357 g/mol. The summed E-state index contributed by atoms with van der Waals surface area (Å²) in [7, 11) is 0. The lowest BCUT2D eigenvalue weighted by Gasteiger charge is -2.17. The fourth-order valence-electron chi connectivity index (χ4n) is 2.04. The van der Waals surface area contributed by atoms with Gasteiger partial charge in [0.15, 0.2) is 0 Å². The first kappa shape index (κ1) is 17.5. The number of aryl methyl sites for hydroxylation is 2. The number of halogens is 1. The Bertz CT molecular complexity index is 521. The Kier molecular flexibility index (Phi) is 6.20. The second-order valence-corrected chi connectivity index (χ2v) is 6.34. The van der Waals surface area contributed by atoms with Gasteiger partial charge in [0, 0.05) is 10.2 Å². The van der Waals surface area contributed by atoms with Crippen molar-refractivity contribution in [1.29, 1.82) is 0 Å². The number of carbonyl (C=O) groups excluding carboxylic acids is 1. The van der Waals surface area contributed by atoms with Crippen molar-refractivity contribution in [3.8, 4) is 0 Å². The van der Waals surface area contributed by atoms with Crippen molar-refractivity contribution < 1.29 is 14.7 Å². The van der Waals surface area contributed by atoms with Crippen molar-refractivity contribution in [1.82, 2.24) is 5.32 Å². The van der Waals surface area contributed by atoms with Gasteiger partial charge in [0.1, 0.15) is 6.04 Å². The lowest BCUT2D eigenvalue weighted by atomic mass is 10.0. The average Bonchev–Trinajstić information content (AvgIpc) is 2.34. The monoisotopic (exact) mass is 356 g/mol. The van der Waals surface area contributed by atoms with Crippen molar-refractivity contribution in [2.45, 2.75) is 40.2 Å². The van der Waals surface area contributed by atoms with Gasteiger partial charge in [0.25, 0.3) is 0 Å². The van der Waals surface area contributed by atoms with Crippen molar-refractivity contribution in [3.63, 3.8) is 0 Å². The molecule has 2 amide bonds. The molecule has 0 saturated heterocycles. The second-order valence-electron chi connectivity index (χ2n) is 5.54. The Balaban J connectivity index is 2.74. The zero-order valence-electron chi connectivity index (χ0n) is 12.7. The molecular formula is C15H21BrN2O3. The number of carboxylic acid groups (broad SMARTS) is 1. The molecule has 0 radical (unpaired) electrons. The Morgan fingerprint density at radius 3 is 2.19 bits per heavy atom. The normalized spacial score (nSPS) is 12.1. The Morgan fingerprint density at radius 1 is 1.24 bits per heavy atom. The van der Waals surface area contributed by atoms with Gasteiger partial charge in [0.05, 0.1) is 0 Å². The molecule has 1 rings (SSSR count). The highest BCUT2D eigenvalue weighted by Gasteiger charge is 2.21. The van der Waals surface area contributed by atoms with Gasteiger partial charge in [-0.3, -0.25) is 0 Å². The summed E-state index contributed by atoms with van der Waals surface area (Å²) in [5.74, 6) is -0.842. The van der Waals surface area contributed by atoms with Crippen molar-refractivity contribution in [2.75, 3.05) is 5.32 Å². The second kappa shape index (κ2) is 7.45. The summed E-state index contributed by atoms with van der Waals surface area (Å²) in [6.07, 6.45) is 0.390. The lowest BCUT2D eigenvalue weighted by Crippen LogP contribution is -2.43. The smallest absolute Gasteiger partial charge is 0.326 e. The molecule has 1 aromatic carbocycles. The van der Waals surface area contributed by atoms with E-state index >= 15 is 0 Å². The number of hydrogen-bond acceptors (Lipinski definition) is 2. The number of aliphatic carboxylic acids is 1. The number of anilines is 1. The number of nitrogens with one attached hydrogen (secondary N) is 2. The molecule has 0 heterocycles. The largest absolute Gasteiger partial charge is 0.480 e. The summed E-state index contributed by atoms with van der Waals surface area (Å²) in [5.41, 5.74) is 2.64. The van der Waals surface area contributed by atoms with Crippen molar-refractivity contribution in [3.05, 3.63) is 27.7 Å². The van der Waals surface area contributed by atoms with E-state index in [1.54, 1.807) is 0 Å². The third-order valence-corrected chi connectivity index (χ3v) is 4.26. The Labute approximate surface area is 133 Å². The van der Waals surface area contributed by atoms with E-state index in [0.29, 0.717) is 12.1 Å². The SMILES string of the molecule is Cc1cc(NC(=O)N[C@@H](CC(C)C)C(=O)O)cc(C)c1Br. The number of hydrogen-bond donors (Lipinski definition) is 3. The van der Waals surface area contributed by atoms with Crippen LogP contribution in [-0.4, -0.2) is 23.1 Å². The first-order chi connectivity index (χ1) is 9.70. The number of urea groups is 1. The highest BCUT2D eigenvalue weighted by Crippen LogP contribution is 2.24. The molecule has 0 aromatic heterocycles. The molecule has 0 unspecified atom stereocenters. The zero-order valence-corrected chi connectivity index (χ0v) is 14.2. The molecule has 0 aliphatic rings. The molecule has 0 aliphatic heterocycles. The standard InChI is InChI=1S/C15H21BrN2O3/c1-8(2)5-12(14(19)20)18-15(21)17-11-6-9(3)13(16)10(4)7-11/h6-8,12H,5H2,1-4H3,(H,19,20)(H2,17,18,21)/t12-/m0/s1. The third-order valence-electron chi connectivity index (χ3n) is 3.00. The fraction of sp³-hybridized carbons (Fsp3) is 0.467. The molecule has 0 spiro atoms. The summed E-state index contributed by atoms with van der Waals surface area (Å²) < 4.78 is 0.997. The summed E-state index contributed by atoms with van der Waals surface area (Å²) in [6.45, 7) is 7.69. The minimum Gasteiger partial charge on any atom is -0.480 e. The minimum absolute atomic E-state index is 0.184. The van der Waals surface area contributed by atoms with Crippen LogP contribution >= 0.6 is 15.9 Å². The number of carbonyl (C=O) groups is 2. The van der Waals surface area contributed by atoms with Crippen LogP contribution in [0.5, 0.6) is 0 Å². The van der Waals surface area contributed by atoms with Gasteiger partial charge in [-0.15, -0.1) is 0 Å². The van der Waals surface area contributed by atoms with Crippen molar-refractivity contribution in [2.24, 2.45) is 5.92 Å². The molecular weight excluding hydrogens is 336 g/mol. The third kappa shape index (κ3) is 5.38. The maximum absolute atomic E-state index is 11.9. The van der Waals surface area contributed by atoms with E-state index < -0.39 is 18.0 Å². The minimum atomic E-state index is -1.03. The van der Waals surface area contributed by atoms with Gasteiger partial charge < -0.3 is 15.7 Å². The molecule has 0 saturated carbocycles. The summed E-state index contributed by atoms with van der Waals surface area (Å²) in [6, 6.07) is 2.26. The van der Waals surface area contributed by atoms with Crippen LogP contribution in [0, 0.1) is 19.8 Å². The predicted octanol–water partition coefficient (Wildman–Crippen LogP) is 3.69. The van der Waals surface area contributed by atoms with Crippen molar-refractivity contribution >= 4 is 33.6 Å². The van der Waals surface area contributed by atoms with Crippen LogP contribution in [0.4, 0.5) is 10.5 Å². The van der Waals surface area contributed by atoms with Crippen LogP contribution in [0.3, 0.4) is 0 Å². The molecule has 116 valence electrons.